The number of carbonyl (C=O) groups is 1. The van der Waals surface area contributed by atoms with Crippen LogP contribution in [0.4, 0.5) is 0 Å². The minimum Gasteiger partial charge on any atom is -0.319 e. The Morgan fingerprint density at radius 3 is 2.81 bits per heavy atom. The van der Waals surface area contributed by atoms with Crippen molar-refractivity contribution in [1.29, 1.82) is 0 Å². The summed E-state index contributed by atoms with van der Waals surface area (Å²) in [5, 5.41) is 1.94. The van der Waals surface area contributed by atoms with Crippen molar-refractivity contribution in [2.45, 2.75) is 13.5 Å². The largest absolute Gasteiger partial charge is 0.319 e. The van der Waals surface area contributed by atoms with Crippen LogP contribution < -0.4 is 4.80 Å². The highest BCUT2D eigenvalue weighted by molar-refractivity contribution is 7.07. The van der Waals surface area contributed by atoms with Crippen molar-refractivity contribution < 1.29 is 4.79 Å². The van der Waals surface area contributed by atoms with Crippen LogP contribution in [0.25, 0.3) is 0 Å². The summed E-state index contributed by atoms with van der Waals surface area (Å²) in [5.74, 6) is -0.163. The summed E-state index contributed by atoms with van der Waals surface area (Å²) in [6.07, 6.45) is 1.94. The van der Waals surface area contributed by atoms with Gasteiger partial charge >= 0.3 is 0 Å². The zero-order valence-electron chi connectivity index (χ0n) is 8.96. The highest BCUT2D eigenvalue weighted by Gasteiger charge is 1.97. The average molecular weight is 232 g/mol. The first-order valence-electron chi connectivity index (χ1n) is 4.99. The molecule has 0 atom stereocenters. The molecule has 0 aliphatic carbocycles. The van der Waals surface area contributed by atoms with Crippen molar-refractivity contribution >= 4 is 17.2 Å². The van der Waals surface area contributed by atoms with Gasteiger partial charge in [-0.3, -0.25) is 4.79 Å². The van der Waals surface area contributed by atoms with Crippen LogP contribution >= 0.6 is 11.3 Å². The molecule has 0 aliphatic heterocycles. The lowest BCUT2D eigenvalue weighted by Crippen LogP contribution is -2.16. The van der Waals surface area contributed by atoms with Crippen molar-refractivity contribution in [2.24, 2.45) is 4.99 Å². The number of nitrogens with zero attached hydrogens (tertiary/aromatic N) is 2. The molecule has 2 rings (SSSR count). The molecule has 3 nitrogen and oxygen atoms in total. The Bertz CT molecular complexity index is 539. The van der Waals surface area contributed by atoms with E-state index in [-0.39, 0.29) is 5.91 Å². The first kappa shape index (κ1) is 10.8. The highest BCUT2D eigenvalue weighted by Crippen LogP contribution is 2.01. The Morgan fingerprint density at radius 2 is 2.12 bits per heavy atom. The Labute approximate surface area is 97.7 Å². The van der Waals surface area contributed by atoms with E-state index in [9.17, 15) is 4.79 Å². The standard InChI is InChI=1S/C12H12N2OS/c1-10(15)13-12-14(7-8-16-12)9-11-5-3-2-4-6-11/h2-8H,9H2,1H3. The van der Waals surface area contributed by atoms with E-state index in [0.29, 0.717) is 0 Å². The SMILES string of the molecule is CC(=O)N=c1sccn1Cc1ccccc1. The number of aromatic nitrogens is 1. The van der Waals surface area contributed by atoms with Gasteiger partial charge in [-0.1, -0.05) is 30.3 Å². The van der Waals surface area contributed by atoms with Crippen LogP contribution in [0.2, 0.25) is 0 Å². The van der Waals surface area contributed by atoms with Gasteiger partial charge in [0.15, 0.2) is 4.80 Å². The molecule has 0 saturated heterocycles. The zero-order chi connectivity index (χ0) is 11.4. The van der Waals surface area contributed by atoms with Crippen molar-refractivity contribution in [1.82, 2.24) is 4.57 Å². The molecule has 0 bridgehead atoms. The predicted octanol–water partition coefficient (Wildman–Crippen LogP) is 2.05. The molecule has 0 aliphatic rings. The van der Waals surface area contributed by atoms with E-state index in [2.05, 4.69) is 17.1 Å². The van der Waals surface area contributed by atoms with Gasteiger partial charge in [0.05, 0.1) is 0 Å². The Balaban J connectivity index is 2.30. The van der Waals surface area contributed by atoms with Crippen LogP contribution in [0.5, 0.6) is 0 Å². The maximum absolute atomic E-state index is 10.9. The van der Waals surface area contributed by atoms with Gasteiger partial charge in [-0.05, 0) is 5.56 Å². The molecule has 0 N–H and O–H groups in total. The van der Waals surface area contributed by atoms with Crippen molar-refractivity contribution in [3.05, 3.63) is 52.3 Å². The lowest BCUT2D eigenvalue weighted by atomic mass is 10.2. The molecule has 4 heteroatoms. The second-order valence-electron chi connectivity index (χ2n) is 3.43. The molecule has 0 fully saturated rings. The summed E-state index contributed by atoms with van der Waals surface area (Å²) < 4.78 is 1.97. The van der Waals surface area contributed by atoms with Gasteiger partial charge in [0.1, 0.15) is 0 Å². The normalized spacial score (nSPS) is 11.7. The van der Waals surface area contributed by atoms with Crippen LogP contribution in [0.15, 0.2) is 46.9 Å². The Kier molecular flexibility index (Phi) is 3.31. The number of hydrogen-bond acceptors (Lipinski definition) is 2. The monoisotopic (exact) mass is 232 g/mol. The fourth-order valence-electron chi connectivity index (χ4n) is 1.42. The Hall–Kier alpha value is -1.68. The van der Waals surface area contributed by atoms with Gasteiger partial charge in [0, 0.05) is 25.0 Å². The number of amides is 1. The van der Waals surface area contributed by atoms with Crippen molar-refractivity contribution in [2.75, 3.05) is 0 Å². The molecule has 16 heavy (non-hydrogen) atoms. The van der Waals surface area contributed by atoms with E-state index in [1.165, 1.54) is 23.8 Å². The van der Waals surface area contributed by atoms with Gasteiger partial charge in [-0.15, -0.1) is 11.3 Å². The molecule has 1 aromatic carbocycles. The van der Waals surface area contributed by atoms with Crippen molar-refractivity contribution in [3.8, 4) is 0 Å². The van der Waals surface area contributed by atoms with E-state index in [1.807, 2.05) is 34.3 Å². The van der Waals surface area contributed by atoms with Crippen LogP contribution in [-0.2, 0) is 11.3 Å². The third-order valence-electron chi connectivity index (χ3n) is 2.11. The zero-order valence-corrected chi connectivity index (χ0v) is 9.78. The number of benzene rings is 1. The summed E-state index contributed by atoms with van der Waals surface area (Å²) in [5.41, 5.74) is 1.20. The molecule has 2 aromatic rings. The molecular weight excluding hydrogens is 220 g/mol. The predicted molar refractivity (Wildman–Crippen MR) is 64.1 cm³/mol. The Morgan fingerprint density at radius 1 is 1.38 bits per heavy atom. The molecule has 1 aromatic heterocycles. The lowest BCUT2D eigenvalue weighted by molar-refractivity contribution is -0.116. The molecule has 0 unspecified atom stereocenters. The molecule has 1 amide bonds. The molecule has 0 spiro atoms. The topological polar surface area (TPSA) is 34.4 Å². The van der Waals surface area contributed by atoms with E-state index in [4.69, 9.17) is 0 Å². The van der Waals surface area contributed by atoms with Gasteiger partial charge in [-0.25, -0.2) is 0 Å². The summed E-state index contributed by atoms with van der Waals surface area (Å²) >= 11 is 1.47. The number of carbonyl (C=O) groups excluding carboxylic acids is 1. The third-order valence-corrected chi connectivity index (χ3v) is 2.90. The minimum absolute atomic E-state index is 0.163. The smallest absolute Gasteiger partial charge is 0.245 e. The molecule has 82 valence electrons. The van der Waals surface area contributed by atoms with E-state index in [0.717, 1.165) is 11.3 Å². The molecule has 0 saturated carbocycles. The van der Waals surface area contributed by atoms with Crippen molar-refractivity contribution in [3.63, 3.8) is 0 Å². The summed E-state index contributed by atoms with van der Waals surface area (Å²) in [4.78, 5) is 15.6. The first-order chi connectivity index (χ1) is 7.75. The van der Waals surface area contributed by atoms with E-state index in [1.54, 1.807) is 0 Å². The van der Waals surface area contributed by atoms with Crippen LogP contribution in [0, 0.1) is 0 Å². The van der Waals surface area contributed by atoms with Gasteiger partial charge in [0.25, 0.3) is 0 Å². The fourth-order valence-corrected chi connectivity index (χ4v) is 2.19. The first-order valence-corrected chi connectivity index (χ1v) is 5.87. The third kappa shape index (κ3) is 2.67. The maximum atomic E-state index is 10.9. The molecule has 1 heterocycles. The van der Waals surface area contributed by atoms with E-state index >= 15 is 0 Å². The van der Waals surface area contributed by atoms with Crippen LogP contribution in [0.1, 0.15) is 12.5 Å². The van der Waals surface area contributed by atoms with Crippen LogP contribution in [-0.4, -0.2) is 10.5 Å². The summed E-state index contributed by atoms with van der Waals surface area (Å²) in [7, 11) is 0. The molecular formula is C12H12N2OS. The summed E-state index contributed by atoms with van der Waals surface area (Å²) in [6, 6.07) is 10.1. The minimum atomic E-state index is -0.163. The highest BCUT2D eigenvalue weighted by atomic mass is 32.1. The molecule has 0 radical (unpaired) electrons. The average Bonchev–Trinajstić information content (AvgIpc) is 2.66. The van der Waals surface area contributed by atoms with Crippen LogP contribution in [0.3, 0.4) is 0 Å². The number of hydrogen-bond donors (Lipinski definition) is 0. The fraction of sp³-hybridized carbons (Fsp3) is 0.167. The lowest BCUT2D eigenvalue weighted by Gasteiger charge is -2.02. The second kappa shape index (κ2) is 4.90. The second-order valence-corrected chi connectivity index (χ2v) is 4.30. The number of thiazole rings is 1. The quantitative estimate of drug-likeness (QED) is 0.780. The summed E-state index contributed by atoms with van der Waals surface area (Å²) in [6.45, 7) is 2.21. The van der Waals surface area contributed by atoms with E-state index < -0.39 is 0 Å². The van der Waals surface area contributed by atoms with Gasteiger partial charge < -0.3 is 4.57 Å². The number of rotatable bonds is 2. The van der Waals surface area contributed by atoms with Gasteiger partial charge in [-0.2, -0.15) is 4.99 Å². The maximum Gasteiger partial charge on any atom is 0.245 e. The van der Waals surface area contributed by atoms with Gasteiger partial charge in [0.2, 0.25) is 5.91 Å².